The van der Waals surface area contributed by atoms with E-state index in [0.29, 0.717) is 5.56 Å². The molecular formula is C14H7ClF3N3. The summed E-state index contributed by atoms with van der Waals surface area (Å²) >= 11 is 5.61. The highest BCUT2D eigenvalue weighted by Crippen LogP contribution is 2.33. The van der Waals surface area contributed by atoms with Crippen molar-refractivity contribution < 1.29 is 13.2 Å². The van der Waals surface area contributed by atoms with Gasteiger partial charge in [0, 0.05) is 23.3 Å². The predicted octanol–water partition coefficient (Wildman–Crippen LogP) is 4.36. The zero-order valence-electron chi connectivity index (χ0n) is 10.4. The molecule has 106 valence electrons. The summed E-state index contributed by atoms with van der Waals surface area (Å²) in [6.45, 7) is 0. The molecule has 0 aliphatic heterocycles. The Morgan fingerprint density at radius 2 is 1.76 bits per heavy atom. The fraction of sp³-hybridized carbons (Fsp3) is 0.0714. The summed E-state index contributed by atoms with van der Waals surface area (Å²) in [5.74, 6) is 0. The maximum atomic E-state index is 12.8. The Bertz CT molecular complexity index is 813. The number of hydrogen-bond donors (Lipinski definition) is 0. The van der Waals surface area contributed by atoms with Crippen LogP contribution in [0, 0.1) is 0 Å². The third-order valence-electron chi connectivity index (χ3n) is 2.93. The van der Waals surface area contributed by atoms with Crippen LogP contribution in [0.4, 0.5) is 13.2 Å². The standard InChI is InChI=1S/C14H7ClF3N3/c15-13-20-11(5-12(21-13)14(16,17)18)10-7-19-6-8-3-1-2-4-9(8)10/h1-7H. The number of alkyl halides is 3. The van der Waals surface area contributed by atoms with E-state index >= 15 is 0 Å². The number of nitrogens with zero attached hydrogens (tertiary/aromatic N) is 3. The maximum Gasteiger partial charge on any atom is 0.433 e. The molecule has 21 heavy (non-hydrogen) atoms. The van der Waals surface area contributed by atoms with Gasteiger partial charge in [0.1, 0.15) is 5.69 Å². The molecule has 0 unspecified atom stereocenters. The van der Waals surface area contributed by atoms with Gasteiger partial charge in [-0.15, -0.1) is 0 Å². The molecule has 0 aliphatic rings. The number of hydrogen-bond acceptors (Lipinski definition) is 3. The monoisotopic (exact) mass is 309 g/mol. The molecule has 3 aromatic rings. The molecule has 3 nitrogen and oxygen atoms in total. The average molecular weight is 310 g/mol. The summed E-state index contributed by atoms with van der Waals surface area (Å²) in [5.41, 5.74) is -0.514. The lowest BCUT2D eigenvalue weighted by molar-refractivity contribution is -0.141. The van der Waals surface area contributed by atoms with E-state index in [1.807, 2.05) is 12.1 Å². The average Bonchev–Trinajstić information content (AvgIpc) is 2.45. The van der Waals surface area contributed by atoms with Crippen LogP contribution in [0.1, 0.15) is 5.69 Å². The third-order valence-corrected chi connectivity index (χ3v) is 3.10. The van der Waals surface area contributed by atoms with Crippen molar-refractivity contribution in [3.63, 3.8) is 0 Å². The maximum absolute atomic E-state index is 12.8. The van der Waals surface area contributed by atoms with Gasteiger partial charge in [-0.25, -0.2) is 9.97 Å². The van der Waals surface area contributed by atoms with Crippen LogP contribution >= 0.6 is 11.6 Å². The van der Waals surface area contributed by atoms with Crippen molar-refractivity contribution in [3.05, 3.63) is 53.7 Å². The Balaban J connectivity index is 2.26. The van der Waals surface area contributed by atoms with Gasteiger partial charge in [-0.2, -0.15) is 13.2 Å². The van der Waals surface area contributed by atoms with Crippen LogP contribution in [0.25, 0.3) is 22.0 Å². The zero-order valence-corrected chi connectivity index (χ0v) is 11.2. The molecule has 7 heteroatoms. The highest BCUT2D eigenvalue weighted by Gasteiger charge is 2.33. The smallest absolute Gasteiger partial charge is 0.263 e. The second kappa shape index (κ2) is 4.96. The van der Waals surface area contributed by atoms with Crippen LogP contribution < -0.4 is 0 Å². The second-order valence-electron chi connectivity index (χ2n) is 4.31. The molecule has 0 aliphatic carbocycles. The van der Waals surface area contributed by atoms with Crippen molar-refractivity contribution in [2.45, 2.75) is 6.18 Å². The molecule has 3 rings (SSSR count). The predicted molar refractivity (Wildman–Crippen MR) is 72.8 cm³/mol. The summed E-state index contributed by atoms with van der Waals surface area (Å²) in [4.78, 5) is 11.1. The molecule has 0 saturated carbocycles. The number of fused-ring (bicyclic) bond motifs is 1. The lowest BCUT2D eigenvalue weighted by atomic mass is 10.0. The molecule has 2 aromatic heterocycles. The first-order valence-corrected chi connectivity index (χ1v) is 6.28. The molecule has 2 heterocycles. The number of pyridine rings is 1. The van der Waals surface area contributed by atoms with E-state index in [-0.39, 0.29) is 5.69 Å². The van der Waals surface area contributed by atoms with Gasteiger partial charge < -0.3 is 0 Å². The van der Waals surface area contributed by atoms with Gasteiger partial charge in [0.15, 0.2) is 0 Å². The van der Waals surface area contributed by atoms with Crippen molar-refractivity contribution in [3.8, 4) is 11.3 Å². The van der Waals surface area contributed by atoms with Gasteiger partial charge in [-0.1, -0.05) is 24.3 Å². The van der Waals surface area contributed by atoms with E-state index in [2.05, 4.69) is 15.0 Å². The molecular weight excluding hydrogens is 303 g/mol. The minimum absolute atomic E-state index is 0.0895. The Hall–Kier alpha value is -2.21. The molecule has 0 saturated heterocycles. The van der Waals surface area contributed by atoms with E-state index in [9.17, 15) is 13.2 Å². The van der Waals surface area contributed by atoms with Crippen LogP contribution in [0.15, 0.2) is 42.7 Å². The normalized spacial score (nSPS) is 11.8. The summed E-state index contributed by atoms with van der Waals surface area (Å²) in [6.07, 6.45) is -1.49. The molecule has 0 amide bonds. The number of benzene rings is 1. The minimum Gasteiger partial charge on any atom is -0.263 e. The SMILES string of the molecule is FC(F)(F)c1cc(-c2cncc3ccccc23)nc(Cl)n1. The Morgan fingerprint density at radius 3 is 2.52 bits per heavy atom. The molecule has 0 spiro atoms. The molecule has 0 atom stereocenters. The van der Waals surface area contributed by atoms with E-state index in [1.165, 1.54) is 6.20 Å². The topological polar surface area (TPSA) is 38.7 Å². The molecule has 0 N–H and O–H groups in total. The zero-order chi connectivity index (χ0) is 15.0. The highest BCUT2D eigenvalue weighted by molar-refractivity contribution is 6.28. The Morgan fingerprint density at radius 1 is 1.00 bits per heavy atom. The minimum atomic E-state index is -4.58. The molecule has 0 bridgehead atoms. The first-order chi connectivity index (χ1) is 9.95. The van der Waals surface area contributed by atoms with Gasteiger partial charge in [0.05, 0.1) is 5.69 Å². The molecule has 0 radical (unpaired) electrons. The van der Waals surface area contributed by atoms with Crippen LogP contribution in [0.3, 0.4) is 0 Å². The number of aromatic nitrogens is 3. The quantitative estimate of drug-likeness (QED) is 0.627. The van der Waals surface area contributed by atoms with E-state index in [4.69, 9.17) is 11.6 Å². The number of rotatable bonds is 1. The van der Waals surface area contributed by atoms with E-state index in [0.717, 1.165) is 16.8 Å². The van der Waals surface area contributed by atoms with Crippen LogP contribution in [0.2, 0.25) is 5.28 Å². The van der Waals surface area contributed by atoms with Gasteiger partial charge in [0.25, 0.3) is 0 Å². The first-order valence-electron chi connectivity index (χ1n) is 5.90. The first kappa shape index (κ1) is 13.8. The molecule has 0 fully saturated rings. The lowest BCUT2D eigenvalue weighted by Gasteiger charge is -2.09. The van der Waals surface area contributed by atoms with Crippen molar-refractivity contribution in [2.75, 3.05) is 0 Å². The van der Waals surface area contributed by atoms with Crippen molar-refractivity contribution in [2.24, 2.45) is 0 Å². The lowest BCUT2D eigenvalue weighted by Crippen LogP contribution is -2.09. The summed E-state index contributed by atoms with van der Waals surface area (Å²) in [5, 5.41) is 1.10. The Labute approximate surface area is 122 Å². The highest BCUT2D eigenvalue weighted by atomic mass is 35.5. The van der Waals surface area contributed by atoms with Gasteiger partial charge in [-0.3, -0.25) is 4.98 Å². The van der Waals surface area contributed by atoms with Gasteiger partial charge in [-0.05, 0) is 23.1 Å². The van der Waals surface area contributed by atoms with Crippen molar-refractivity contribution in [1.82, 2.24) is 15.0 Å². The van der Waals surface area contributed by atoms with Crippen molar-refractivity contribution >= 4 is 22.4 Å². The van der Waals surface area contributed by atoms with Crippen LogP contribution in [0.5, 0.6) is 0 Å². The van der Waals surface area contributed by atoms with Gasteiger partial charge >= 0.3 is 6.18 Å². The van der Waals surface area contributed by atoms with E-state index in [1.54, 1.807) is 18.3 Å². The van der Waals surface area contributed by atoms with Crippen LogP contribution in [-0.2, 0) is 6.18 Å². The van der Waals surface area contributed by atoms with Crippen LogP contribution in [-0.4, -0.2) is 15.0 Å². The van der Waals surface area contributed by atoms with Gasteiger partial charge in [0.2, 0.25) is 5.28 Å². The summed E-state index contributed by atoms with van der Waals surface area (Å²) < 4.78 is 38.4. The fourth-order valence-electron chi connectivity index (χ4n) is 2.02. The van der Waals surface area contributed by atoms with E-state index < -0.39 is 17.2 Å². The summed E-state index contributed by atoms with van der Waals surface area (Å²) in [7, 11) is 0. The second-order valence-corrected chi connectivity index (χ2v) is 4.65. The molecule has 1 aromatic carbocycles. The number of halogens is 4. The fourth-order valence-corrected chi connectivity index (χ4v) is 2.20. The third kappa shape index (κ3) is 2.67. The van der Waals surface area contributed by atoms with Crippen molar-refractivity contribution in [1.29, 1.82) is 0 Å². The largest absolute Gasteiger partial charge is 0.433 e. The Kier molecular flexibility index (Phi) is 3.25. The summed E-state index contributed by atoms with van der Waals surface area (Å²) in [6, 6.07) is 8.09.